The van der Waals surface area contributed by atoms with Gasteiger partial charge in [-0.25, -0.2) is 4.79 Å². The fraction of sp³-hybridized carbons (Fsp3) is 0.611. The van der Waals surface area contributed by atoms with E-state index in [4.69, 9.17) is 16.3 Å². The van der Waals surface area contributed by atoms with E-state index >= 15 is 0 Å². The Morgan fingerprint density at radius 1 is 1.48 bits per heavy atom. The van der Waals surface area contributed by atoms with Crippen molar-refractivity contribution in [2.45, 2.75) is 64.7 Å². The van der Waals surface area contributed by atoms with Gasteiger partial charge in [-0.3, -0.25) is 0 Å². The van der Waals surface area contributed by atoms with E-state index in [1.54, 1.807) is 4.90 Å². The molecule has 1 amide bonds. The van der Waals surface area contributed by atoms with Gasteiger partial charge in [-0.2, -0.15) is 0 Å². The van der Waals surface area contributed by atoms with E-state index in [1.807, 2.05) is 45.9 Å². The van der Waals surface area contributed by atoms with Crippen LogP contribution in [0.1, 0.15) is 57.8 Å². The Hall–Kier alpha value is -1.26. The summed E-state index contributed by atoms with van der Waals surface area (Å²) in [5.74, 6) is 0. The van der Waals surface area contributed by atoms with E-state index in [2.05, 4.69) is 0 Å². The zero-order chi connectivity index (χ0) is 17.2. The molecule has 0 spiro atoms. The van der Waals surface area contributed by atoms with Gasteiger partial charge in [0.1, 0.15) is 5.60 Å². The normalized spacial score (nSPS) is 19.7. The summed E-state index contributed by atoms with van der Waals surface area (Å²) in [6, 6.07) is 5.32. The Morgan fingerprint density at radius 3 is 2.78 bits per heavy atom. The van der Waals surface area contributed by atoms with Crippen LogP contribution in [0.5, 0.6) is 0 Å². The lowest BCUT2D eigenvalue weighted by Crippen LogP contribution is -2.42. The maximum absolute atomic E-state index is 12.4. The van der Waals surface area contributed by atoms with Crippen molar-refractivity contribution in [1.29, 1.82) is 0 Å². The van der Waals surface area contributed by atoms with Crippen LogP contribution in [0.15, 0.2) is 18.2 Å². The van der Waals surface area contributed by atoms with Crippen LogP contribution < -0.4 is 0 Å². The summed E-state index contributed by atoms with van der Waals surface area (Å²) in [5, 5.41) is 11.5. The summed E-state index contributed by atoms with van der Waals surface area (Å²) in [6.07, 6.45) is 1.36. The van der Waals surface area contributed by atoms with Crippen LogP contribution in [-0.2, 0) is 11.2 Å². The molecule has 1 aromatic carbocycles. The lowest BCUT2D eigenvalue weighted by atomic mass is 9.98. The number of aryl methyl sites for hydroxylation is 1. The minimum absolute atomic E-state index is 0.254. The van der Waals surface area contributed by atoms with E-state index in [1.165, 1.54) is 0 Å². The SMILES string of the molecule is CCc1cc(C(O)[C@@H]2CCCN2C(=O)OC(C)(C)C)ccc1Cl. The van der Waals surface area contributed by atoms with Crippen molar-refractivity contribution in [2.75, 3.05) is 6.54 Å². The van der Waals surface area contributed by atoms with Gasteiger partial charge in [0.15, 0.2) is 0 Å². The molecule has 1 unspecified atom stereocenters. The van der Waals surface area contributed by atoms with Gasteiger partial charge in [0, 0.05) is 11.6 Å². The molecule has 0 bridgehead atoms. The third-order valence-electron chi connectivity index (χ3n) is 4.08. The summed E-state index contributed by atoms with van der Waals surface area (Å²) >= 11 is 6.15. The fourth-order valence-corrected chi connectivity index (χ4v) is 3.19. The Morgan fingerprint density at radius 2 is 2.17 bits per heavy atom. The molecule has 0 saturated carbocycles. The average Bonchev–Trinajstić information content (AvgIpc) is 2.94. The first-order valence-corrected chi connectivity index (χ1v) is 8.56. The second-order valence-electron chi connectivity index (χ2n) is 7.03. The number of likely N-dealkylation sites (tertiary alicyclic amines) is 1. The molecule has 1 aliphatic rings. The Kier molecular flexibility index (Phi) is 5.58. The van der Waals surface area contributed by atoms with Crippen LogP contribution in [0.2, 0.25) is 5.02 Å². The first-order valence-electron chi connectivity index (χ1n) is 8.19. The number of ether oxygens (including phenoxy) is 1. The van der Waals surface area contributed by atoms with Crippen LogP contribution in [0, 0.1) is 0 Å². The molecule has 128 valence electrons. The number of hydrogen-bond donors (Lipinski definition) is 1. The lowest BCUT2D eigenvalue weighted by Gasteiger charge is -2.31. The molecule has 2 atom stereocenters. The topological polar surface area (TPSA) is 49.8 Å². The molecular weight excluding hydrogens is 314 g/mol. The van der Waals surface area contributed by atoms with E-state index < -0.39 is 11.7 Å². The van der Waals surface area contributed by atoms with Crippen LogP contribution in [-0.4, -0.2) is 34.3 Å². The van der Waals surface area contributed by atoms with Gasteiger partial charge in [-0.05, 0) is 57.2 Å². The largest absolute Gasteiger partial charge is 0.444 e. The van der Waals surface area contributed by atoms with Gasteiger partial charge in [-0.15, -0.1) is 0 Å². The predicted octanol–water partition coefficient (Wildman–Crippen LogP) is 4.34. The third kappa shape index (κ3) is 4.39. The van der Waals surface area contributed by atoms with Gasteiger partial charge in [-0.1, -0.05) is 30.7 Å². The number of rotatable bonds is 3. The predicted molar refractivity (Wildman–Crippen MR) is 91.8 cm³/mol. The van der Waals surface area contributed by atoms with Crippen molar-refractivity contribution in [1.82, 2.24) is 4.90 Å². The summed E-state index contributed by atoms with van der Waals surface area (Å²) < 4.78 is 5.46. The van der Waals surface area contributed by atoms with E-state index in [9.17, 15) is 9.90 Å². The summed E-state index contributed by atoms with van der Waals surface area (Å²) in [5.41, 5.74) is 1.27. The summed E-state index contributed by atoms with van der Waals surface area (Å²) in [6.45, 7) is 8.18. The van der Waals surface area contributed by atoms with Crippen molar-refractivity contribution in [3.63, 3.8) is 0 Å². The second kappa shape index (κ2) is 7.10. The number of aliphatic hydroxyl groups is 1. The van der Waals surface area contributed by atoms with E-state index in [0.717, 1.165) is 30.4 Å². The average molecular weight is 340 g/mol. The maximum atomic E-state index is 12.4. The highest BCUT2D eigenvalue weighted by atomic mass is 35.5. The molecule has 1 fully saturated rings. The van der Waals surface area contributed by atoms with Crippen molar-refractivity contribution in [3.8, 4) is 0 Å². The molecule has 1 aromatic rings. The minimum atomic E-state index is -0.729. The minimum Gasteiger partial charge on any atom is -0.444 e. The fourth-order valence-electron chi connectivity index (χ4n) is 2.94. The van der Waals surface area contributed by atoms with Gasteiger partial charge in [0.25, 0.3) is 0 Å². The van der Waals surface area contributed by atoms with Crippen molar-refractivity contribution in [3.05, 3.63) is 34.3 Å². The smallest absolute Gasteiger partial charge is 0.410 e. The molecule has 0 radical (unpaired) electrons. The van der Waals surface area contributed by atoms with Crippen LogP contribution >= 0.6 is 11.6 Å². The van der Waals surface area contributed by atoms with Crippen LogP contribution in [0.25, 0.3) is 0 Å². The van der Waals surface area contributed by atoms with Crippen LogP contribution in [0.4, 0.5) is 4.79 Å². The van der Waals surface area contributed by atoms with Crippen LogP contribution in [0.3, 0.4) is 0 Å². The number of carbonyl (C=O) groups is 1. The highest BCUT2D eigenvalue weighted by Crippen LogP contribution is 2.32. The third-order valence-corrected chi connectivity index (χ3v) is 4.45. The Bertz CT molecular complexity index is 568. The van der Waals surface area contributed by atoms with Crippen molar-refractivity contribution < 1.29 is 14.6 Å². The van der Waals surface area contributed by atoms with Crippen molar-refractivity contribution in [2.24, 2.45) is 0 Å². The number of nitrogens with zero attached hydrogens (tertiary/aromatic N) is 1. The number of hydrogen-bond acceptors (Lipinski definition) is 3. The molecule has 1 heterocycles. The molecule has 1 saturated heterocycles. The molecule has 23 heavy (non-hydrogen) atoms. The monoisotopic (exact) mass is 339 g/mol. The molecule has 2 rings (SSSR count). The molecule has 1 aliphatic heterocycles. The first kappa shape index (κ1) is 18.1. The second-order valence-corrected chi connectivity index (χ2v) is 7.44. The van der Waals surface area contributed by atoms with Gasteiger partial charge in [0.05, 0.1) is 12.1 Å². The zero-order valence-corrected chi connectivity index (χ0v) is 15.1. The maximum Gasteiger partial charge on any atom is 0.410 e. The van der Waals surface area contributed by atoms with E-state index in [-0.39, 0.29) is 12.1 Å². The van der Waals surface area contributed by atoms with E-state index in [0.29, 0.717) is 11.6 Å². The highest BCUT2D eigenvalue weighted by Gasteiger charge is 2.37. The Labute approximate surface area is 143 Å². The number of carbonyl (C=O) groups excluding carboxylic acids is 1. The number of benzene rings is 1. The number of aliphatic hydroxyl groups excluding tert-OH is 1. The van der Waals surface area contributed by atoms with Gasteiger partial charge in [0.2, 0.25) is 0 Å². The molecule has 5 heteroatoms. The number of amides is 1. The zero-order valence-electron chi connectivity index (χ0n) is 14.3. The summed E-state index contributed by atoms with van der Waals surface area (Å²) in [7, 11) is 0. The lowest BCUT2D eigenvalue weighted by molar-refractivity contribution is 0.00489. The highest BCUT2D eigenvalue weighted by molar-refractivity contribution is 6.31. The molecule has 4 nitrogen and oxygen atoms in total. The molecule has 0 aromatic heterocycles. The number of halogens is 1. The first-order chi connectivity index (χ1) is 10.7. The Balaban J connectivity index is 2.17. The molecule has 0 aliphatic carbocycles. The van der Waals surface area contributed by atoms with Gasteiger partial charge >= 0.3 is 6.09 Å². The molecule has 1 N–H and O–H groups in total. The summed E-state index contributed by atoms with van der Waals surface area (Å²) in [4.78, 5) is 14.0. The standard InChI is InChI=1S/C18H26ClNO3/c1-5-12-11-13(8-9-14(12)19)16(21)15-7-6-10-20(15)17(22)23-18(2,3)4/h8-9,11,15-16,21H,5-7,10H2,1-4H3/t15-,16?/m0/s1. The quantitative estimate of drug-likeness (QED) is 0.891. The van der Waals surface area contributed by atoms with Gasteiger partial charge < -0.3 is 14.7 Å². The van der Waals surface area contributed by atoms with Crippen molar-refractivity contribution >= 4 is 17.7 Å². The molecular formula is C18H26ClNO3.